The number of hydrogen-bond donors (Lipinski definition) is 0. The van der Waals surface area contributed by atoms with E-state index in [1.807, 2.05) is 6.07 Å². The third-order valence-corrected chi connectivity index (χ3v) is 2.19. The molecule has 1 aromatic rings. The normalized spacial score (nSPS) is 13.5. The number of rotatable bonds is 3. The van der Waals surface area contributed by atoms with Crippen molar-refractivity contribution in [2.24, 2.45) is 0 Å². The molecule has 0 nitrogen and oxygen atoms in total. The van der Waals surface area contributed by atoms with E-state index in [4.69, 9.17) is 0 Å². The molecular weight excluding hydrogens is 199 g/mol. The fourth-order valence-electron chi connectivity index (χ4n) is 1.45. The zero-order valence-electron chi connectivity index (χ0n) is 9.70. The summed E-state index contributed by atoms with van der Waals surface area (Å²) >= 11 is 0. The van der Waals surface area contributed by atoms with Crippen molar-refractivity contribution in [2.45, 2.75) is 26.4 Å². The van der Waals surface area contributed by atoms with Gasteiger partial charge in [0.25, 0.3) is 0 Å². The molecule has 0 bridgehead atoms. The van der Waals surface area contributed by atoms with Gasteiger partial charge in [-0.15, -0.1) is 9.24 Å². The zero-order chi connectivity index (χ0) is 11.3. The molecule has 0 heterocycles. The maximum absolute atomic E-state index is 2.81. The lowest BCUT2D eigenvalue weighted by atomic mass is 10.0. The van der Waals surface area contributed by atoms with E-state index in [9.17, 15) is 0 Å². The second-order valence-corrected chi connectivity index (χ2v) is 5.12. The molecule has 0 spiro atoms. The first-order chi connectivity index (χ1) is 7.09. The maximum Gasteiger partial charge on any atom is -0.0105 e. The third-order valence-electron chi connectivity index (χ3n) is 1.99. The van der Waals surface area contributed by atoms with Crippen LogP contribution in [-0.2, 0) is 0 Å². The molecule has 2 atom stereocenters. The van der Waals surface area contributed by atoms with Gasteiger partial charge in [-0.1, -0.05) is 55.0 Å². The molecule has 0 aliphatic carbocycles. The van der Waals surface area contributed by atoms with Crippen LogP contribution in [-0.4, -0.2) is 5.66 Å². The van der Waals surface area contributed by atoms with Gasteiger partial charge in [0.15, 0.2) is 0 Å². The topological polar surface area (TPSA) is 0 Å². The van der Waals surface area contributed by atoms with Crippen LogP contribution in [0.2, 0.25) is 0 Å². The molecule has 1 rings (SSSR count). The van der Waals surface area contributed by atoms with Gasteiger partial charge in [-0.3, -0.25) is 0 Å². The lowest BCUT2D eigenvalue weighted by Gasteiger charge is -2.05. The van der Waals surface area contributed by atoms with Crippen LogP contribution in [0.5, 0.6) is 0 Å². The molecule has 0 amide bonds. The van der Waals surface area contributed by atoms with Gasteiger partial charge in [0, 0.05) is 0 Å². The van der Waals surface area contributed by atoms with Crippen molar-refractivity contribution in [3.8, 4) is 0 Å². The first-order valence-electron chi connectivity index (χ1n) is 5.27. The van der Waals surface area contributed by atoms with E-state index >= 15 is 0 Å². The summed E-state index contributed by atoms with van der Waals surface area (Å²) in [6.07, 6.45) is 4.50. The van der Waals surface area contributed by atoms with Crippen molar-refractivity contribution in [3.05, 3.63) is 53.6 Å². The van der Waals surface area contributed by atoms with E-state index in [1.165, 1.54) is 16.7 Å². The quantitative estimate of drug-likeness (QED) is 0.524. The summed E-state index contributed by atoms with van der Waals surface area (Å²) < 4.78 is 0. The van der Waals surface area contributed by atoms with Gasteiger partial charge < -0.3 is 0 Å². The van der Waals surface area contributed by atoms with Crippen LogP contribution in [0.25, 0.3) is 5.57 Å². The van der Waals surface area contributed by atoms with Gasteiger partial charge in [0.05, 0.1) is 0 Å². The molecule has 1 heteroatoms. The van der Waals surface area contributed by atoms with E-state index < -0.39 is 0 Å². The standard InChI is InChI=1S/C14H19P/c1-11(2)9-14(10-12(3)15)13-7-5-4-6-8-13/h4-10,12H,15H2,1-3H3/b14-10+. The molecule has 80 valence electrons. The summed E-state index contributed by atoms with van der Waals surface area (Å²) in [4.78, 5) is 0. The van der Waals surface area contributed by atoms with Crippen molar-refractivity contribution in [2.75, 3.05) is 0 Å². The first-order valence-corrected chi connectivity index (χ1v) is 5.94. The Kier molecular flexibility index (Phi) is 4.78. The zero-order valence-corrected chi connectivity index (χ0v) is 10.9. The van der Waals surface area contributed by atoms with E-state index in [0.29, 0.717) is 5.66 Å². The largest absolute Gasteiger partial charge is 0.131 e. The molecule has 0 saturated heterocycles. The molecule has 0 N–H and O–H groups in total. The summed E-state index contributed by atoms with van der Waals surface area (Å²) in [5.41, 5.74) is 4.41. The average molecular weight is 218 g/mol. The van der Waals surface area contributed by atoms with E-state index in [0.717, 1.165) is 0 Å². The fourth-order valence-corrected chi connectivity index (χ4v) is 1.66. The van der Waals surface area contributed by atoms with Crippen LogP contribution in [0.4, 0.5) is 0 Å². The molecule has 2 unspecified atom stereocenters. The van der Waals surface area contributed by atoms with Crippen LogP contribution in [0.15, 0.2) is 48.1 Å². The summed E-state index contributed by atoms with van der Waals surface area (Å²) in [6, 6.07) is 10.5. The van der Waals surface area contributed by atoms with Gasteiger partial charge in [-0.25, -0.2) is 0 Å². The molecule has 0 aliphatic rings. The van der Waals surface area contributed by atoms with Gasteiger partial charge in [0.1, 0.15) is 0 Å². The third kappa shape index (κ3) is 4.44. The van der Waals surface area contributed by atoms with Gasteiger partial charge in [-0.2, -0.15) is 0 Å². The summed E-state index contributed by atoms with van der Waals surface area (Å²) in [6.45, 7) is 6.43. The molecule has 0 saturated carbocycles. The Labute approximate surface area is 95.3 Å². The fraction of sp³-hybridized carbons (Fsp3) is 0.286. The van der Waals surface area contributed by atoms with Gasteiger partial charge in [-0.05, 0) is 30.6 Å². The summed E-state index contributed by atoms with van der Waals surface area (Å²) in [5, 5.41) is 0. The van der Waals surface area contributed by atoms with Crippen molar-refractivity contribution >= 4 is 14.8 Å². The van der Waals surface area contributed by atoms with Crippen molar-refractivity contribution in [3.63, 3.8) is 0 Å². The Morgan fingerprint density at radius 3 is 2.27 bits per heavy atom. The predicted molar refractivity (Wildman–Crippen MR) is 73.0 cm³/mol. The Bertz CT molecular complexity index is 354. The van der Waals surface area contributed by atoms with Crippen molar-refractivity contribution < 1.29 is 0 Å². The number of allylic oxidation sites excluding steroid dienone is 4. The molecule has 0 aromatic heterocycles. The Hall–Kier alpha value is -0.870. The second-order valence-electron chi connectivity index (χ2n) is 4.07. The Morgan fingerprint density at radius 2 is 1.80 bits per heavy atom. The van der Waals surface area contributed by atoms with Crippen molar-refractivity contribution in [1.82, 2.24) is 0 Å². The minimum absolute atomic E-state index is 0.496. The van der Waals surface area contributed by atoms with E-state index in [2.05, 4.69) is 66.4 Å². The van der Waals surface area contributed by atoms with Crippen LogP contribution >= 0.6 is 9.24 Å². The molecular formula is C14H19P. The number of hydrogen-bond acceptors (Lipinski definition) is 0. The molecule has 0 radical (unpaired) electrons. The summed E-state index contributed by atoms with van der Waals surface area (Å²) in [5.74, 6) is 0. The molecule has 0 fully saturated rings. The lowest BCUT2D eigenvalue weighted by molar-refractivity contribution is 1.25. The summed E-state index contributed by atoms with van der Waals surface area (Å²) in [7, 11) is 2.81. The van der Waals surface area contributed by atoms with Gasteiger partial charge in [0.2, 0.25) is 0 Å². The highest BCUT2D eigenvalue weighted by Gasteiger charge is 1.98. The molecule has 1 aromatic carbocycles. The van der Waals surface area contributed by atoms with E-state index in [-0.39, 0.29) is 0 Å². The van der Waals surface area contributed by atoms with E-state index in [1.54, 1.807) is 0 Å². The van der Waals surface area contributed by atoms with Crippen LogP contribution < -0.4 is 0 Å². The number of benzene rings is 1. The predicted octanol–water partition coefficient (Wildman–Crippen LogP) is 4.30. The minimum Gasteiger partial charge on any atom is -0.131 e. The SMILES string of the molecule is CC(C)=C/C(=C\C(C)P)c1ccccc1. The van der Waals surface area contributed by atoms with Crippen LogP contribution in [0, 0.1) is 0 Å². The smallest absolute Gasteiger partial charge is 0.0105 e. The highest BCUT2D eigenvalue weighted by atomic mass is 31.0. The Balaban J connectivity index is 3.08. The average Bonchev–Trinajstić information content (AvgIpc) is 2.17. The molecule has 0 aliphatic heterocycles. The van der Waals surface area contributed by atoms with Crippen molar-refractivity contribution in [1.29, 1.82) is 0 Å². The lowest BCUT2D eigenvalue weighted by Crippen LogP contribution is -1.87. The highest BCUT2D eigenvalue weighted by Crippen LogP contribution is 2.19. The van der Waals surface area contributed by atoms with Crippen LogP contribution in [0.1, 0.15) is 26.3 Å². The minimum atomic E-state index is 0.496. The monoisotopic (exact) mass is 218 g/mol. The maximum atomic E-state index is 2.81. The second kappa shape index (κ2) is 5.88. The molecule has 15 heavy (non-hydrogen) atoms. The highest BCUT2D eigenvalue weighted by molar-refractivity contribution is 7.17. The van der Waals surface area contributed by atoms with Crippen LogP contribution in [0.3, 0.4) is 0 Å². The Morgan fingerprint density at radius 1 is 1.20 bits per heavy atom. The first kappa shape index (κ1) is 12.2. The van der Waals surface area contributed by atoms with Gasteiger partial charge >= 0.3 is 0 Å².